The fraction of sp³-hybridized carbons (Fsp3) is 0.500. The van der Waals surface area contributed by atoms with Gasteiger partial charge in [0.15, 0.2) is 0 Å². The third-order valence-electron chi connectivity index (χ3n) is 2.88. The van der Waals surface area contributed by atoms with Crippen LogP contribution in [0.2, 0.25) is 0 Å². The molecule has 0 aliphatic carbocycles. The van der Waals surface area contributed by atoms with Gasteiger partial charge in [-0.2, -0.15) is 0 Å². The van der Waals surface area contributed by atoms with Crippen molar-refractivity contribution in [3.05, 3.63) is 35.9 Å². The lowest BCUT2D eigenvalue weighted by atomic mass is 10.1. The van der Waals surface area contributed by atoms with Gasteiger partial charge in [0.2, 0.25) is 0 Å². The van der Waals surface area contributed by atoms with E-state index in [1.807, 2.05) is 0 Å². The third-order valence-corrected chi connectivity index (χ3v) is 2.88. The molecule has 0 spiro atoms. The predicted molar refractivity (Wildman–Crippen MR) is 64.5 cm³/mol. The Labute approximate surface area is 97.6 Å². The van der Waals surface area contributed by atoms with Crippen LogP contribution >= 0.6 is 12.4 Å². The summed E-state index contributed by atoms with van der Waals surface area (Å²) < 4.78 is 5.34. The van der Waals surface area contributed by atoms with Gasteiger partial charge in [-0.05, 0) is 12.5 Å². The summed E-state index contributed by atoms with van der Waals surface area (Å²) in [5.74, 6) is 0. The molecule has 0 bridgehead atoms. The minimum Gasteiger partial charge on any atom is -0.379 e. The van der Waals surface area contributed by atoms with Gasteiger partial charge in [0, 0.05) is 19.1 Å². The smallest absolute Gasteiger partial charge is 0.0594 e. The van der Waals surface area contributed by atoms with E-state index in [9.17, 15) is 0 Å². The summed E-state index contributed by atoms with van der Waals surface area (Å²) in [6.45, 7) is 6.11. The van der Waals surface area contributed by atoms with Gasteiger partial charge in [-0.25, -0.2) is 0 Å². The van der Waals surface area contributed by atoms with Crippen molar-refractivity contribution in [1.82, 2.24) is 4.90 Å². The van der Waals surface area contributed by atoms with Crippen molar-refractivity contribution in [2.75, 3.05) is 26.3 Å². The Balaban J connectivity index is 0.00000112. The van der Waals surface area contributed by atoms with Gasteiger partial charge in [0.1, 0.15) is 0 Å². The summed E-state index contributed by atoms with van der Waals surface area (Å²) in [4.78, 5) is 2.47. The van der Waals surface area contributed by atoms with E-state index in [4.69, 9.17) is 4.74 Å². The van der Waals surface area contributed by atoms with Crippen LogP contribution in [0.4, 0.5) is 0 Å². The van der Waals surface area contributed by atoms with Crippen molar-refractivity contribution in [3.63, 3.8) is 0 Å². The number of benzene rings is 1. The van der Waals surface area contributed by atoms with Gasteiger partial charge in [-0.15, -0.1) is 12.4 Å². The molecule has 0 saturated carbocycles. The molecule has 1 aromatic carbocycles. The molecule has 1 saturated heterocycles. The van der Waals surface area contributed by atoms with Gasteiger partial charge in [-0.3, -0.25) is 4.90 Å². The Bertz CT molecular complexity index is 272. The van der Waals surface area contributed by atoms with Crippen molar-refractivity contribution >= 4 is 12.4 Å². The van der Waals surface area contributed by atoms with Crippen molar-refractivity contribution in [2.24, 2.45) is 0 Å². The molecule has 1 unspecified atom stereocenters. The fourth-order valence-electron chi connectivity index (χ4n) is 1.91. The molecule has 0 N–H and O–H groups in total. The number of ether oxygens (including phenoxy) is 1. The van der Waals surface area contributed by atoms with E-state index in [0.29, 0.717) is 6.04 Å². The van der Waals surface area contributed by atoms with E-state index in [1.165, 1.54) is 5.56 Å². The number of nitrogens with zero attached hydrogens (tertiary/aromatic N) is 1. The lowest BCUT2D eigenvalue weighted by Crippen LogP contribution is -2.37. The molecule has 3 heteroatoms. The monoisotopic (exact) mass is 227 g/mol. The molecule has 1 fully saturated rings. The van der Waals surface area contributed by atoms with Crippen molar-refractivity contribution in [2.45, 2.75) is 13.0 Å². The normalized spacial score (nSPS) is 19.3. The number of hydrogen-bond acceptors (Lipinski definition) is 2. The zero-order valence-corrected chi connectivity index (χ0v) is 9.87. The Morgan fingerprint density at radius 3 is 2.33 bits per heavy atom. The first-order valence-electron chi connectivity index (χ1n) is 5.24. The number of halogens is 1. The molecule has 1 heterocycles. The maximum absolute atomic E-state index is 5.34. The zero-order chi connectivity index (χ0) is 9.80. The minimum atomic E-state index is 0. The minimum absolute atomic E-state index is 0. The quantitative estimate of drug-likeness (QED) is 0.770. The van der Waals surface area contributed by atoms with Gasteiger partial charge < -0.3 is 4.74 Å². The van der Waals surface area contributed by atoms with Gasteiger partial charge in [-0.1, -0.05) is 30.3 Å². The van der Waals surface area contributed by atoms with Crippen LogP contribution in [0.3, 0.4) is 0 Å². The van der Waals surface area contributed by atoms with Crippen LogP contribution in [0, 0.1) is 0 Å². The van der Waals surface area contributed by atoms with E-state index in [1.54, 1.807) is 0 Å². The second-order valence-electron chi connectivity index (χ2n) is 3.73. The Morgan fingerprint density at radius 1 is 1.13 bits per heavy atom. The first kappa shape index (κ1) is 12.5. The van der Waals surface area contributed by atoms with E-state index < -0.39 is 0 Å². The Morgan fingerprint density at radius 2 is 1.73 bits per heavy atom. The highest BCUT2D eigenvalue weighted by molar-refractivity contribution is 5.85. The Hall–Kier alpha value is -0.570. The van der Waals surface area contributed by atoms with Crippen LogP contribution in [-0.2, 0) is 4.74 Å². The molecule has 15 heavy (non-hydrogen) atoms. The molecule has 2 rings (SSSR count). The topological polar surface area (TPSA) is 12.5 Å². The highest BCUT2D eigenvalue weighted by Gasteiger charge is 2.17. The van der Waals surface area contributed by atoms with Crippen LogP contribution < -0.4 is 0 Å². The first-order valence-corrected chi connectivity index (χ1v) is 5.24. The highest BCUT2D eigenvalue weighted by atomic mass is 35.5. The molecule has 1 atom stereocenters. The summed E-state index contributed by atoms with van der Waals surface area (Å²) in [7, 11) is 0. The fourth-order valence-corrected chi connectivity index (χ4v) is 1.91. The molecule has 1 aromatic rings. The van der Waals surface area contributed by atoms with Gasteiger partial charge in [0.25, 0.3) is 0 Å². The second kappa shape index (κ2) is 6.11. The maximum Gasteiger partial charge on any atom is 0.0594 e. The molecule has 2 nitrogen and oxygen atoms in total. The maximum atomic E-state index is 5.34. The number of morpholine rings is 1. The summed E-state index contributed by atoms with van der Waals surface area (Å²) in [5.41, 5.74) is 1.40. The standard InChI is InChI=1S/C12H17NO.ClH/c1-11(12-5-3-2-4-6-12)13-7-9-14-10-8-13;/h2-6,11H,7-10H2,1H3;1H. The Kier molecular flexibility index (Phi) is 5.09. The van der Waals surface area contributed by atoms with Crippen LogP contribution in [0.5, 0.6) is 0 Å². The summed E-state index contributed by atoms with van der Waals surface area (Å²) >= 11 is 0. The van der Waals surface area contributed by atoms with E-state index in [2.05, 4.69) is 42.2 Å². The lowest BCUT2D eigenvalue weighted by Gasteiger charge is -2.32. The molecule has 0 aromatic heterocycles. The van der Waals surface area contributed by atoms with E-state index in [0.717, 1.165) is 26.3 Å². The molecule has 1 aliphatic rings. The summed E-state index contributed by atoms with van der Waals surface area (Å²) in [5, 5.41) is 0. The second-order valence-corrected chi connectivity index (χ2v) is 3.73. The van der Waals surface area contributed by atoms with Crippen molar-refractivity contribution in [3.8, 4) is 0 Å². The SMILES string of the molecule is CC(c1ccccc1)N1CCOCC1.Cl. The summed E-state index contributed by atoms with van der Waals surface area (Å²) in [6.07, 6.45) is 0. The van der Waals surface area contributed by atoms with Crippen LogP contribution in [0.1, 0.15) is 18.5 Å². The third kappa shape index (κ3) is 3.20. The molecular formula is C12H18ClNO. The lowest BCUT2D eigenvalue weighted by molar-refractivity contribution is 0.0198. The zero-order valence-electron chi connectivity index (χ0n) is 9.06. The molecule has 0 radical (unpaired) electrons. The number of hydrogen-bond donors (Lipinski definition) is 0. The van der Waals surface area contributed by atoms with Crippen LogP contribution in [0.15, 0.2) is 30.3 Å². The van der Waals surface area contributed by atoms with Crippen molar-refractivity contribution < 1.29 is 4.74 Å². The highest BCUT2D eigenvalue weighted by Crippen LogP contribution is 2.20. The molecule has 84 valence electrons. The number of rotatable bonds is 2. The average molecular weight is 228 g/mol. The molecule has 1 aliphatic heterocycles. The van der Waals surface area contributed by atoms with Gasteiger partial charge in [0.05, 0.1) is 13.2 Å². The van der Waals surface area contributed by atoms with Crippen LogP contribution in [0.25, 0.3) is 0 Å². The van der Waals surface area contributed by atoms with Crippen molar-refractivity contribution in [1.29, 1.82) is 0 Å². The van der Waals surface area contributed by atoms with Gasteiger partial charge >= 0.3 is 0 Å². The molecular weight excluding hydrogens is 210 g/mol. The largest absolute Gasteiger partial charge is 0.379 e. The van der Waals surface area contributed by atoms with E-state index in [-0.39, 0.29) is 12.4 Å². The van der Waals surface area contributed by atoms with Crippen LogP contribution in [-0.4, -0.2) is 31.2 Å². The average Bonchev–Trinajstić information content (AvgIpc) is 2.30. The molecule has 0 amide bonds. The van der Waals surface area contributed by atoms with E-state index >= 15 is 0 Å². The predicted octanol–water partition coefficient (Wildman–Crippen LogP) is 2.50. The summed E-state index contributed by atoms with van der Waals surface area (Å²) in [6, 6.07) is 11.2. The first-order chi connectivity index (χ1) is 6.88.